The van der Waals surface area contributed by atoms with Crippen molar-refractivity contribution in [2.75, 3.05) is 5.73 Å². The molecule has 0 aliphatic carbocycles. The second-order valence-corrected chi connectivity index (χ2v) is 6.69. The van der Waals surface area contributed by atoms with Crippen LogP contribution < -0.4 is 20.9 Å². The molecule has 4 N–H and O–H groups in total. The minimum absolute atomic E-state index is 0.00296. The fourth-order valence-electron chi connectivity index (χ4n) is 3.01. The quantitative estimate of drug-likeness (QED) is 0.470. The fourth-order valence-corrected chi connectivity index (χ4v) is 3.01. The molecule has 7 heteroatoms. The third-order valence-electron chi connectivity index (χ3n) is 4.47. The van der Waals surface area contributed by atoms with E-state index in [1.165, 1.54) is 0 Å². The molecule has 0 aliphatic heterocycles. The lowest BCUT2D eigenvalue weighted by molar-refractivity contribution is 0.0998. The lowest BCUT2D eigenvalue weighted by atomic mass is 10.1. The van der Waals surface area contributed by atoms with Crippen LogP contribution in [0, 0.1) is 0 Å². The molecule has 4 aromatic rings. The maximum Gasteiger partial charge on any atom is 0.256 e. The number of aromatic nitrogens is 2. The molecule has 7 nitrogen and oxygen atoms in total. The highest BCUT2D eigenvalue weighted by Gasteiger charge is 2.21. The molecule has 0 spiro atoms. The molecule has 0 unspecified atom stereocenters. The van der Waals surface area contributed by atoms with Crippen LogP contribution in [0.2, 0.25) is 0 Å². The highest BCUT2D eigenvalue weighted by atomic mass is 16.5. The Morgan fingerprint density at radius 3 is 2.06 bits per heavy atom. The zero-order valence-electron chi connectivity index (χ0n) is 16.6. The first-order valence-electron chi connectivity index (χ1n) is 9.57. The first-order chi connectivity index (χ1) is 15.1. The van der Waals surface area contributed by atoms with Crippen LogP contribution in [-0.4, -0.2) is 15.9 Å². The largest absolute Gasteiger partial charge is 0.489 e. The second kappa shape index (κ2) is 8.96. The number of nitrogen functional groups attached to an aromatic ring is 1. The van der Waals surface area contributed by atoms with Crippen LogP contribution in [0.15, 0.2) is 84.9 Å². The van der Waals surface area contributed by atoms with Crippen molar-refractivity contribution in [2.45, 2.75) is 6.61 Å². The molecular formula is C24H20N4O3. The molecule has 154 valence electrons. The van der Waals surface area contributed by atoms with E-state index in [0.29, 0.717) is 29.4 Å². The van der Waals surface area contributed by atoms with Crippen molar-refractivity contribution in [3.8, 4) is 28.6 Å². The standard InChI is InChI=1S/C24H20N4O3/c25-22(29)20-21(17-9-5-2-6-10-17)27-24(26)28-23(20)31-19-13-11-18(12-14-19)30-15-16-7-3-1-4-8-16/h1-14H,15H2,(H2,25,29)(H2,26,27,28). The van der Waals surface area contributed by atoms with Crippen LogP contribution in [0.1, 0.15) is 15.9 Å². The van der Waals surface area contributed by atoms with Crippen LogP contribution in [0.4, 0.5) is 5.95 Å². The van der Waals surface area contributed by atoms with E-state index in [1.807, 2.05) is 48.5 Å². The summed E-state index contributed by atoms with van der Waals surface area (Å²) in [7, 11) is 0. The number of anilines is 1. The maximum atomic E-state index is 12.2. The molecule has 31 heavy (non-hydrogen) atoms. The minimum Gasteiger partial charge on any atom is -0.489 e. The van der Waals surface area contributed by atoms with E-state index in [1.54, 1.807) is 36.4 Å². The van der Waals surface area contributed by atoms with Gasteiger partial charge in [-0.25, -0.2) is 4.98 Å². The average Bonchev–Trinajstić information content (AvgIpc) is 2.79. The summed E-state index contributed by atoms with van der Waals surface area (Å²) < 4.78 is 11.6. The van der Waals surface area contributed by atoms with Crippen LogP contribution in [0.25, 0.3) is 11.3 Å². The van der Waals surface area contributed by atoms with Crippen molar-refractivity contribution in [2.24, 2.45) is 5.73 Å². The molecule has 1 amide bonds. The molecule has 0 fully saturated rings. The summed E-state index contributed by atoms with van der Waals surface area (Å²) in [5.41, 5.74) is 13.6. The van der Waals surface area contributed by atoms with E-state index in [0.717, 1.165) is 5.56 Å². The average molecular weight is 412 g/mol. The molecule has 1 heterocycles. The van der Waals surface area contributed by atoms with E-state index in [-0.39, 0.29) is 17.4 Å². The summed E-state index contributed by atoms with van der Waals surface area (Å²) in [5, 5.41) is 0. The zero-order valence-corrected chi connectivity index (χ0v) is 16.6. The van der Waals surface area contributed by atoms with Gasteiger partial charge in [-0.2, -0.15) is 4.98 Å². The first-order valence-corrected chi connectivity index (χ1v) is 9.57. The van der Waals surface area contributed by atoms with Gasteiger partial charge in [-0.3, -0.25) is 4.79 Å². The summed E-state index contributed by atoms with van der Waals surface area (Å²) in [6.45, 7) is 0.454. The van der Waals surface area contributed by atoms with E-state index >= 15 is 0 Å². The number of nitrogens with zero attached hydrogens (tertiary/aromatic N) is 2. The maximum absolute atomic E-state index is 12.2. The fraction of sp³-hybridized carbons (Fsp3) is 0.0417. The molecule has 0 radical (unpaired) electrons. The number of primary amides is 1. The Balaban J connectivity index is 1.57. The van der Waals surface area contributed by atoms with Gasteiger partial charge < -0.3 is 20.9 Å². The van der Waals surface area contributed by atoms with E-state index < -0.39 is 5.91 Å². The van der Waals surface area contributed by atoms with Crippen LogP contribution in [0.3, 0.4) is 0 Å². The first kappa shape index (κ1) is 19.9. The van der Waals surface area contributed by atoms with E-state index in [2.05, 4.69) is 9.97 Å². The van der Waals surface area contributed by atoms with Gasteiger partial charge in [0.1, 0.15) is 23.7 Å². The summed E-state index contributed by atoms with van der Waals surface area (Å²) >= 11 is 0. The van der Waals surface area contributed by atoms with Crippen LogP contribution >= 0.6 is 0 Å². The van der Waals surface area contributed by atoms with Crippen molar-refractivity contribution in [1.29, 1.82) is 0 Å². The predicted molar refractivity (Wildman–Crippen MR) is 118 cm³/mol. The van der Waals surface area contributed by atoms with Gasteiger partial charge in [0.25, 0.3) is 5.91 Å². The lowest BCUT2D eigenvalue weighted by Crippen LogP contribution is -2.17. The number of hydrogen-bond donors (Lipinski definition) is 2. The Morgan fingerprint density at radius 1 is 0.806 bits per heavy atom. The Morgan fingerprint density at radius 2 is 1.42 bits per heavy atom. The van der Waals surface area contributed by atoms with Crippen molar-refractivity contribution in [3.63, 3.8) is 0 Å². The number of hydrogen-bond acceptors (Lipinski definition) is 6. The molecule has 0 aliphatic rings. The molecule has 1 aromatic heterocycles. The van der Waals surface area contributed by atoms with Gasteiger partial charge in [-0.05, 0) is 29.8 Å². The van der Waals surface area contributed by atoms with Gasteiger partial charge in [0.15, 0.2) is 0 Å². The number of rotatable bonds is 7. The summed E-state index contributed by atoms with van der Waals surface area (Å²) in [4.78, 5) is 20.5. The van der Waals surface area contributed by atoms with Crippen molar-refractivity contribution in [1.82, 2.24) is 9.97 Å². The van der Waals surface area contributed by atoms with Crippen molar-refractivity contribution >= 4 is 11.9 Å². The lowest BCUT2D eigenvalue weighted by Gasteiger charge is -2.13. The predicted octanol–water partition coefficient (Wildman–Crippen LogP) is 4.20. The third-order valence-corrected chi connectivity index (χ3v) is 4.47. The molecule has 3 aromatic carbocycles. The number of amides is 1. The Kier molecular flexibility index (Phi) is 5.75. The summed E-state index contributed by atoms with van der Waals surface area (Å²) in [6.07, 6.45) is 0. The highest BCUT2D eigenvalue weighted by Crippen LogP contribution is 2.32. The molecule has 0 saturated carbocycles. The van der Waals surface area contributed by atoms with Gasteiger partial charge >= 0.3 is 0 Å². The molecule has 4 rings (SSSR count). The van der Waals surface area contributed by atoms with Gasteiger partial charge in [0.05, 0.1) is 5.69 Å². The molecule has 0 bridgehead atoms. The number of benzene rings is 3. The van der Waals surface area contributed by atoms with E-state index in [9.17, 15) is 4.79 Å². The van der Waals surface area contributed by atoms with Gasteiger partial charge in [0.2, 0.25) is 11.8 Å². The smallest absolute Gasteiger partial charge is 0.256 e. The Hall–Kier alpha value is -4.39. The highest BCUT2D eigenvalue weighted by molar-refractivity contribution is 6.01. The normalized spacial score (nSPS) is 10.5. The number of carbonyl (C=O) groups is 1. The van der Waals surface area contributed by atoms with Crippen molar-refractivity contribution in [3.05, 3.63) is 96.1 Å². The monoisotopic (exact) mass is 412 g/mol. The van der Waals surface area contributed by atoms with E-state index in [4.69, 9.17) is 20.9 Å². The van der Waals surface area contributed by atoms with Gasteiger partial charge in [0, 0.05) is 5.56 Å². The summed E-state index contributed by atoms with van der Waals surface area (Å²) in [5.74, 6) is 0.389. The SMILES string of the molecule is NC(=O)c1c(Oc2ccc(OCc3ccccc3)cc2)nc(N)nc1-c1ccccc1. The van der Waals surface area contributed by atoms with Gasteiger partial charge in [-0.15, -0.1) is 0 Å². The topological polar surface area (TPSA) is 113 Å². The Bertz CT molecular complexity index is 1180. The molecule has 0 saturated heterocycles. The Labute approximate surface area is 179 Å². The van der Waals surface area contributed by atoms with Crippen LogP contribution in [-0.2, 0) is 6.61 Å². The second-order valence-electron chi connectivity index (χ2n) is 6.69. The minimum atomic E-state index is -0.711. The molecular weight excluding hydrogens is 392 g/mol. The van der Waals surface area contributed by atoms with Crippen LogP contribution in [0.5, 0.6) is 17.4 Å². The number of nitrogens with two attached hydrogens (primary N) is 2. The third kappa shape index (κ3) is 4.79. The zero-order chi connectivity index (χ0) is 21.6. The number of carbonyl (C=O) groups excluding carboxylic acids is 1. The van der Waals surface area contributed by atoms with Gasteiger partial charge in [-0.1, -0.05) is 60.7 Å². The molecule has 0 atom stereocenters. The summed E-state index contributed by atoms with van der Waals surface area (Å²) in [6, 6.07) is 25.9. The van der Waals surface area contributed by atoms with Crippen molar-refractivity contribution < 1.29 is 14.3 Å². The number of ether oxygens (including phenoxy) is 2.